The molecule has 1 aromatic heterocycles. The fourth-order valence-corrected chi connectivity index (χ4v) is 4.01. The molecule has 0 fully saturated rings. The number of nitrogens with one attached hydrogen (secondary N) is 2. The largest absolute Gasteiger partial charge is 0.469 e. The Bertz CT molecular complexity index is 918. The molecule has 0 aliphatic carbocycles. The first-order chi connectivity index (χ1) is 13.8. The highest BCUT2D eigenvalue weighted by Gasteiger charge is 2.23. The number of ether oxygens (including phenoxy) is 1. The van der Waals surface area contributed by atoms with Gasteiger partial charge in [0.1, 0.15) is 6.17 Å². The van der Waals surface area contributed by atoms with Crippen molar-refractivity contribution in [1.29, 1.82) is 0 Å². The summed E-state index contributed by atoms with van der Waals surface area (Å²) in [5.41, 5.74) is 0. The molecule has 158 valence electrons. The monoisotopic (exact) mass is 442 g/mol. The zero-order chi connectivity index (χ0) is 21.3. The van der Waals surface area contributed by atoms with Gasteiger partial charge in [0.2, 0.25) is 15.9 Å². The minimum Gasteiger partial charge on any atom is -0.469 e. The van der Waals surface area contributed by atoms with Gasteiger partial charge in [0.25, 0.3) is 0 Å². The van der Waals surface area contributed by atoms with Gasteiger partial charge in [-0.25, -0.2) is 13.4 Å². The predicted molar refractivity (Wildman–Crippen MR) is 107 cm³/mol. The minimum atomic E-state index is -3.91. The summed E-state index contributed by atoms with van der Waals surface area (Å²) in [5, 5.41) is 3.01. The van der Waals surface area contributed by atoms with Gasteiger partial charge < -0.3 is 14.6 Å². The molecule has 9 nitrogen and oxygen atoms in total. The minimum absolute atomic E-state index is 0.00154. The Labute approximate surface area is 174 Å². The molecule has 1 amide bonds. The van der Waals surface area contributed by atoms with Crippen molar-refractivity contribution in [3.05, 3.63) is 48.0 Å². The maximum atomic E-state index is 12.7. The number of esters is 1. The molecule has 0 radical (unpaired) electrons. The zero-order valence-electron chi connectivity index (χ0n) is 15.9. The first-order valence-electron chi connectivity index (χ1n) is 8.90. The number of unbranched alkanes of at least 4 members (excludes halogenated alkanes) is 1. The van der Waals surface area contributed by atoms with Gasteiger partial charge in [-0.1, -0.05) is 17.7 Å². The summed E-state index contributed by atoms with van der Waals surface area (Å²) < 4.78 is 33.9. The molecule has 0 aliphatic rings. The van der Waals surface area contributed by atoms with Crippen molar-refractivity contribution >= 4 is 33.5 Å². The van der Waals surface area contributed by atoms with Gasteiger partial charge in [-0.05, 0) is 31.0 Å². The molecule has 0 spiro atoms. The second kappa shape index (κ2) is 10.9. The number of hydrogen-bond acceptors (Lipinski definition) is 6. The lowest BCUT2D eigenvalue weighted by Crippen LogP contribution is -2.36. The van der Waals surface area contributed by atoms with Crippen LogP contribution in [0.15, 0.2) is 47.9 Å². The van der Waals surface area contributed by atoms with Crippen LogP contribution in [0.5, 0.6) is 0 Å². The van der Waals surface area contributed by atoms with Gasteiger partial charge >= 0.3 is 5.97 Å². The normalized spacial score (nSPS) is 12.3. The van der Waals surface area contributed by atoms with E-state index >= 15 is 0 Å². The van der Waals surface area contributed by atoms with E-state index in [9.17, 15) is 18.0 Å². The van der Waals surface area contributed by atoms with Gasteiger partial charge in [-0.15, -0.1) is 0 Å². The number of carbonyl (C=O) groups excluding carboxylic acids is 2. The van der Waals surface area contributed by atoms with Gasteiger partial charge in [-0.2, -0.15) is 4.72 Å². The molecule has 11 heteroatoms. The van der Waals surface area contributed by atoms with E-state index in [1.54, 1.807) is 12.3 Å². The number of halogens is 1. The molecule has 0 saturated carbocycles. The van der Waals surface area contributed by atoms with Crippen LogP contribution < -0.4 is 10.0 Å². The highest BCUT2D eigenvalue weighted by molar-refractivity contribution is 7.89. The Morgan fingerprint density at radius 3 is 2.76 bits per heavy atom. The van der Waals surface area contributed by atoms with Crippen LogP contribution in [0.25, 0.3) is 0 Å². The van der Waals surface area contributed by atoms with Crippen molar-refractivity contribution in [2.75, 3.05) is 13.7 Å². The van der Waals surface area contributed by atoms with Crippen molar-refractivity contribution in [3.63, 3.8) is 0 Å². The number of rotatable bonds is 11. The Hall–Kier alpha value is -2.43. The maximum absolute atomic E-state index is 12.7. The van der Waals surface area contributed by atoms with E-state index in [-0.39, 0.29) is 34.6 Å². The van der Waals surface area contributed by atoms with E-state index < -0.39 is 16.2 Å². The zero-order valence-corrected chi connectivity index (χ0v) is 17.4. The molecule has 1 atom stereocenters. The van der Waals surface area contributed by atoms with Crippen molar-refractivity contribution in [3.8, 4) is 0 Å². The van der Waals surface area contributed by atoms with Gasteiger partial charge in [0.05, 0.1) is 24.8 Å². The molecule has 0 bridgehead atoms. The average Bonchev–Trinajstić information content (AvgIpc) is 3.21. The molecule has 1 unspecified atom stereocenters. The Morgan fingerprint density at radius 1 is 1.31 bits per heavy atom. The molecule has 1 heterocycles. The summed E-state index contributed by atoms with van der Waals surface area (Å²) >= 11 is 5.88. The van der Waals surface area contributed by atoms with Crippen LogP contribution in [0.2, 0.25) is 5.02 Å². The third-order valence-corrected chi connectivity index (χ3v) is 5.71. The van der Waals surface area contributed by atoms with Gasteiger partial charge in [0.15, 0.2) is 0 Å². The van der Waals surface area contributed by atoms with E-state index in [1.165, 1.54) is 42.4 Å². The highest BCUT2D eigenvalue weighted by atomic mass is 35.5. The molecule has 2 aromatic rings. The highest BCUT2D eigenvalue weighted by Crippen LogP contribution is 2.18. The Kier molecular flexibility index (Phi) is 8.62. The predicted octanol–water partition coefficient (Wildman–Crippen LogP) is 1.86. The number of amides is 1. The SMILES string of the molecule is COC(=O)CCCCNC(=O)CC(NS(=O)(=O)c1cccc(Cl)c1)n1ccnc1. The maximum Gasteiger partial charge on any atom is 0.305 e. The standard InChI is InChI=1S/C18H23ClN4O5S/c1-28-18(25)7-2-3-8-21-17(24)12-16(23-10-9-20-13-23)22-29(26,27)15-6-4-5-14(19)11-15/h4-6,9-11,13,16,22H,2-3,7-8,12H2,1H3,(H,21,24). The molecular weight excluding hydrogens is 420 g/mol. The molecule has 1 aromatic carbocycles. The van der Waals surface area contributed by atoms with Crippen molar-refractivity contribution < 1.29 is 22.7 Å². The third-order valence-electron chi connectivity index (χ3n) is 4.02. The van der Waals surface area contributed by atoms with Crippen LogP contribution in [-0.4, -0.2) is 43.5 Å². The van der Waals surface area contributed by atoms with E-state index in [2.05, 4.69) is 19.8 Å². The van der Waals surface area contributed by atoms with E-state index in [1.807, 2.05) is 0 Å². The number of imidazole rings is 1. The molecule has 0 aliphatic heterocycles. The first kappa shape index (κ1) is 22.9. The average molecular weight is 443 g/mol. The Balaban J connectivity index is 1.97. The van der Waals surface area contributed by atoms with Crippen LogP contribution in [0.1, 0.15) is 31.8 Å². The second-order valence-electron chi connectivity index (χ2n) is 6.19. The molecule has 0 saturated heterocycles. The van der Waals surface area contributed by atoms with Crippen molar-refractivity contribution in [1.82, 2.24) is 19.6 Å². The van der Waals surface area contributed by atoms with Crippen LogP contribution in [-0.2, 0) is 24.3 Å². The second-order valence-corrected chi connectivity index (χ2v) is 8.34. The summed E-state index contributed by atoms with van der Waals surface area (Å²) in [4.78, 5) is 27.3. The number of hydrogen-bond donors (Lipinski definition) is 2. The third kappa shape index (κ3) is 7.48. The number of methoxy groups -OCH3 is 1. The topological polar surface area (TPSA) is 119 Å². The van der Waals surface area contributed by atoms with E-state index in [0.717, 1.165) is 0 Å². The first-order valence-corrected chi connectivity index (χ1v) is 10.8. The van der Waals surface area contributed by atoms with Crippen LogP contribution in [0.3, 0.4) is 0 Å². The lowest BCUT2D eigenvalue weighted by molar-refractivity contribution is -0.140. The summed E-state index contributed by atoms with van der Waals surface area (Å²) in [6.07, 6.45) is 4.95. The summed E-state index contributed by atoms with van der Waals surface area (Å²) in [7, 11) is -2.59. The number of benzene rings is 1. The number of aromatic nitrogens is 2. The molecular formula is C18H23ClN4O5S. The van der Waals surface area contributed by atoms with E-state index in [0.29, 0.717) is 19.4 Å². The summed E-state index contributed by atoms with van der Waals surface area (Å²) in [5.74, 6) is -0.637. The smallest absolute Gasteiger partial charge is 0.305 e. The quantitative estimate of drug-likeness (QED) is 0.405. The molecule has 29 heavy (non-hydrogen) atoms. The number of sulfonamides is 1. The molecule has 2 rings (SSSR count). The van der Waals surface area contributed by atoms with Crippen LogP contribution in [0.4, 0.5) is 0 Å². The van der Waals surface area contributed by atoms with Gasteiger partial charge in [-0.3, -0.25) is 9.59 Å². The number of nitrogens with zero attached hydrogens (tertiary/aromatic N) is 2. The van der Waals surface area contributed by atoms with Crippen LogP contribution in [0, 0.1) is 0 Å². The van der Waals surface area contributed by atoms with Crippen molar-refractivity contribution in [2.45, 2.75) is 36.7 Å². The summed E-state index contributed by atoms with van der Waals surface area (Å²) in [6, 6.07) is 5.85. The summed E-state index contributed by atoms with van der Waals surface area (Å²) in [6.45, 7) is 0.369. The fraction of sp³-hybridized carbons (Fsp3) is 0.389. The van der Waals surface area contributed by atoms with Crippen molar-refractivity contribution in [2.24, 2.45) is 0 Å². The van der Waals surface area contributed by atoms with Gasteiger partial charge in [0, 0.05) is 30.4 Å². The fourth-order valence-electron chi connectivity index (χ4n) is 2.52. The Morgan fingerprint density at radius 2 is 2.10 bits per heavy atom. The van der Waals surface area contributed by atoms with E-state index in [4.69, 9.17) is 11.6 Å². The number of carbonyl (C=O) groups is 2. The lowest BCUT2D eigenvalue weighted by atomic mass is 10.2. The molecule has 2 N–H and O–H groups in total. The van der Waals surface area contributed by atoms with Crippen LogP contribution >= 0.6 is 11.6 Å². The lowest BCUT2D eigenvalue weighted by Gasteiger charge is -2.20.